The number of hydrogen-bond acceptors (Lipinski definition) is 6. The van der Waals surface area contributed by atoms with Crippen LogP contribution in [0.1, 0.15) is 46.2 Å². The molecule has 27 heavy (non-hydrogen) atoms. The molecule has 1 heterocycles. The summed E-state index contributed by atoms with van der Waals surface area (Å²) >= 11 is 1.80. The quantitative estimate of drug-likeness (QED) is 0.696. The fourth-order valence-electron chi connectivity index (χ4n) is 2.95. The number of carbonyl (C=O) groups excluding carboxylic acids is 1. The maximum absolute atomic E-state index is 11.6. The van der Waals surface area contributed by atoms with Crippen LogP contribution in [0.2, 0.25) is 0 Å². The van der Waals surface area contributed by atoms with Gasteiger partial charge in [0, 0.05) is 23.1 Å². The van der Waals surface area contributed by atoms with Gasteiger partial charge in [-0.25, -0.2) is 4.79 Å². The zero-order valence-electron chi connectivity index (χ0n) is 15.7. The molecule has 7 heteroatoms. The molecule has 1 aromatic heterocycles. The third-order valence-corrected chi connectivity index (χ3v) is 5.65. The standard InChI is InChI=1S/C20H23N3O3S/c1-4-25-20(24)18-8-15(22-23-18)11-27-10-14-7-19(14)26-16-5-12(2)17(9-21)13(3)6-16/h5-6,8,14,19H,4,7,10-11H2,1-3H3,(H,22,23). The van der Waals surface area contributed by atoms with E-state index in [-0.39, 0.29) is 6.10 Å². The van der Waals surface area contributed by atoms with Crippen LogP contribution in [-0.4, -0.2) is 34.6 Å². The molecule has 142 valence electrons. The summed E-state index contributed by atoms with van der Waals surface area (Å²) in [7, 11) is 0. The minimum atomic E-state index is -0.395. The summed E-state index contributed by atoms with van der Waals surface area (Å²) in [5.41, 5.74) is 3.88. The van der Waals surface area contributed by atoms with Gasteiger partial charge < -0.3 is 9.47 Å². The van der Waals surface area contributed by atoms with E-state index in [0.29, 0.717) is 18.2 Å². The molecule has 3 rings (SSSR count). The van der Waals surface area contributed by atoms with Gasteiger partial charge in [-0.05, 0) is 56.5 Å². The van der Waals surface area contributed by atoms with Crippen LogP contribution in [-0.2, 0) is 10.5 Å². The summed E-state index contributed by atoms with van der Waals surface area (Å²) in [4.78, 5) is 11.6. The van der Waals surface area contributed by atoms with E-state index in [2.05, 4.69) is 16.3 Å². The molecule has 0 aliphatic heterocycles. The first-order chi connectivity index (χ1) is 13.0. The lowest BCUT2D eigenvalue weighted by Crippen LogP contribution is -2.04. The Morgan fingerprint density at radius 2 is 2.11 bits per heavy atom. The number of ether oxygens (including phenoxy) is 2. The zero-order chi connectivity index (χ0) is 19.4. The van der Waals surface area contributed by atoms with Crippen LogP contribution >= 0.6 is 11.8 Å². The summed E-state index contributed by atoms with van der Waals surface area (Å²) in [6.07, 6.45) is 1.28. The Labute approximate surface area is 163 Å². The highest BCUT2D eigenvalue weighted by Gasteiger charge is 2.39. The molecule has 1 aromatic carbocycles. The first-order valence-electron chi connectivity index (χ1n) is 8.99. The number of esters is 1. The number of carbonyl (C=O) groups is 1. The molecule has 0 amide bonds. The number of nitrogens with zero attached hydrogens (tertiary/aromatic N) is 2. The Kier molecular flexibility index (Phi) is 6.07. The first-order valence-corrected chi connectivity index (χ1v) is 10.1. The Morgan fingerprint density at radius 3 is 2.78 bits per heavy atom. The molecule has 1 saturated carbocycles. The highest BCUT2D eigenvalue weighted by atomic mass is 32.2. The van der Waals surface area contributed by atoms with E-state index in [1.807, 2.05) is 26.0 Å². The number of thioether (sulfide) groups is 1. The third kappa shape index (κ3) is 4.83. The molecule has 2 aromatic rings. The van der Waals surface area contributed by atoms with Gasteiger partial charge in [-0.15, -0.1) is 0 Å². The third-order valence-electron chi connectivity index (χ3n) is 4.47. The van der Waals surface area contributed by atoms with Gasteiger partial charge in [0.25, 0.3) is 0 Å². The van der Waals surface area contributed by atoms with Crippen molar-refractivity contribution in [2.75, 3.05) is 12.4 Å². The topological polar surface area (TPSA) is 88.0 Å². The molecular formula is C20H23N3O3S. The normalized spacial score (nSPS) is 18.0. The van der Waals surface area contributed by atoms with Gasteiger partial charge in [-0.1, -0.05) is 0 Å². The van der Waals surface area contributed by atoms with E-state index in [4.69, 9.17) is 14.7 Å². The Hall–Kier alpha value is -2.46. The SMILES string of the molecule is CCOC(=O)c1cc(CSCC2CC2Oc2cc(C)c(C#N)c(C)c2)[nH]n1. The number of rotatable bonds is 8. The largest absolute Gasteiger partial charge is 0.490 e. The zero-order valence-corrected chi connectivity index (χ0v) is 16.6. The van der Waals surface area contributed by atoms with E-state index < -0.39 is 5.97 Å². The van der Waals surface area contributed by atoms with Crippen molar-refractivity contribution in [3.63, 3.8) is 0 Å². The number of aromatic nitrogens is 2. The summed E-state index contributed by atoms with van der Waals surface area (Å²) in [5.74, 6) is 2.73. The lowest BCUT2D eigenvalue weighted by molar-refractivity contribution is 0.0519. The molecule has 1 aliphatic carbocycles. The van der Waals surface area contributed by atoms with Crippen LogP contribution in [0, 0.1) is 31.1 Å². The van der Waals surface area contributed by atoms with Gasteiger partial charge in [0.15, 0.2) is 5.69 Å². The van der Waals surface area contributed by atoms with Gasteiger partial charge in [0.1, 0.15) is 11.9 Å². The average Bonchev–Trinajstić information content (AvgIpc) is 3.16. The molecule has 6 nitrogen and oxygen atoms in total. The van der Waals surface area contributed by atoms with Crippen LogP contribution in [0.4, 0.5) is 0 Å². The molecule has 0 radical (unpaired) electrons. The Morgan fingerprint density at radius 1 is 1.37 bits per heavy atom. The van der Waals surface area contributed by atoms with Crippen molar-refractivity contribution in [1.82, 2.24) is 10.2 Å². The highest BCUT2D eigenvalue weighted by molar-refractivity contribution is 7.98. The summed E-state index contributed by atoms with van der Waals surface area (Å²) in [6.45, 7) is 5.99. The summed E-state index contributed by atoms with van der Waals surface area (Å²) in [5, 5.41) is 16.0. The van der Waals surface area contributed by atoms with Crippen molar-refractivity contribution in [3.8, 4) is 11.8 Å². The molecule has 1 aliphatic rings. The smallest absolute Gasteiger partial charge is 0.358 e. The van der Waals surface area contributed by atoms with E-state index in [9.17, 15) is 4.79 Å². The van der Waals surface area contributed by atoms with E-state index in [1.54, 1.807) is 24.8 Å². The number of hydrogen-bond donors (Lipinski definition) is 1. The highest BCUT2D eigenvalue weighted by Crippen LogP contribution is 2.38. The van der Waals surface area contributed by atoms with E-state index in [0.717, 1.165) is 46.1 Å². The van der Waals surface area contributed by atoms with Crippen molar-refractivity contribution in [3.05, 3.63) is 46.3 Å². The molecule has 0 bridgehead atoms. The summed E-state index contributed by atoms with van der Waals surface area (Å²) < 4.78 is 11.0. The first kappa shape index (κ1) is 19.3. The van der Waals surface area contributed by atoms with E-state index in [1.165, 1.54) is 0 Å². The number of benzene rings is 1. The van der Waals surface area contributed by atoms with Crippen molar-refractivity contribution in [1.29, 1.82) is 5.26 Å². The van der Waals surface area contributed by atoms with Gasteiger partial charge in [-0.3, -0.25) is 5.10 Å². The summed E-state index contributed by atoms with van der Waals surface area (Å²) in [6, 6.07) is 7.86. The van der Waals surface area contributed by atoms with Gasteiger partial charge in [0.05, 0.1) is 18.2 Å². The predicted octanol–water partition coefficient (Wildman–Crippen LogP) is 3.78. The van der Waals surface area contributed by atoms with Crippen LogP contribution < -0.4 is 4.74 Å². The van der Waals surface area contributed by atoms with Crippen molar-refractivity contribution in [2.24, 2.45) is 5.92 Å². The lowest BCUT2D eigenvalue weighted by atomic mass is 10.0. The van der Waals surface area contributed by atoms with Crippen LogP contribution in [0.15, 0.2) is 18.2 Å². The van der Waals surface area contributed by atoms with Crippen molar-refractivity contribution < 1.29 is 14.3 Å². The van der Waals surface area contributed by atoms with Gasteiger partial charge in [-0.2, -0.15) is 22.1 Å². The molecule has 0 spiro atoms. The minimum Gasteiger partial charge on any atom is -0.490 e. The Balaban J connectivity index is 1.43. The molecular weight excluding hydrogens is 362 g/mol. The molecule has 1 N–H and O–H groups in total. The molecule has 2 atom stereocenters. The van der Waals surface area contributed by atoms with Crippen molar-refractivity contribution in [2.45, 2.75) is 39.0 Å². The number of nitrogens with one attached hydrogen (secondary N) is 1. The maximum Gasteiger partial charge on any atom is 0.358 e. The monoisotopic (exact) mass is 385 g/mol. The number of H-pyrrole nitrogens is 1. The van der Waals surface area contributed by atoms with Crippen LogP contribution in [0.5, 0.6) is 5.75 Å². The second-order valence-electron chi connectivity index (χ2n) is 6.71. The molecule has 0 saturated heterocycles. The van der Waals surface area contributed by atoms with Gasteiger partial charge >= 0.3 is 5.97 Å². The number of nitriles is 1. The second-order valence-corrected chi connectivity index (χ2v) is 7.74. The maximum atomic E-state index is 11.6. The molecule has 1 fully saturated rings. The Bertz CT molecular complexity index is 849. The second kappa shape index (κ2) is 8.49. The fraction of sp³-hybridized carbons (Fsp3) is 0.450. The van der Waals surface area contributed by atoms with E-state index >= 15 is 0 Å². The van der Waals surface area contributed by atoms with Gasteiger partial charge in [0.2, 0.25) is 0 Å². The average molecular weight is 385 g/mol. The lowest BCUT2D eigenvalue weighted by Gasteiger charge is -2.09. The van der Waals surface area contributed by atoms with Crippen LogP contribution in [0.3, 0.4) is 0 Å². The van der Waals surface area contributed by atoms with Crippen molar-refractivity contribution >= 4 is 17.7 Å². The predicted molar refractivity (Wildman–Crippen MR) is 104 cm³/mol. The minimum absolute atomic E-state index is 0.237. The molecule has 2 unspecified atom stereocenters. The number of aryl methyl sites for hydroxylation is 2. The number of aromatic amines is 1. The fourth-order valence-corrected chi connectivity index (χ4v) is 4.09. The van der Waals surface area contributed by atoms with Crippen LogP contribution in [0.25, 0.3) is 0 Å².